The summed E-state index contributed by atoms with van der Waals surface area (Å²) in [5.41, 5.74) is 0.0448. The maximum Gasteiger partial charge on any atom is 0.189 e. The molecular formula is C24H32O11. The van der Waals surface area contributed by atoms with Crippen molar-refractivity contribution in [3.63, 3.8) is 0 Å². The molecule has 0 spiro atoms. The molecule has 4 aliphatic rings. The highest BCUT2D eigenvalue weighted by Gasteiger charge is 2.75. The number of hydrogen-bond acceptors (Lipinski definition) is 11. The topological polar surface area (TPSA) is 160 Å². The Kier molecular flexibility index (Phi) is 7.54. The quantitative estimate of drug-likeness (QED) is 0.123. The van der Waals surface area contributed by atoms with Crippen LogP contribution in [0.2, 0.25) is 0 Å². The first-order chi connectivity index (χ1) is 17.0. The van der Waals surface area contributed by atoms with Crippen LogP contribution in [0, 0.1) is 11.8 Å². The SMILES string of the molecule is OC[C@]12O[C@H]1[C@@H](O)[C@@H]1CCO[C@@H](O[C@@H]3O[C@H](COOC/C=C/c4ccccc4)[C@@H](O)[C@H](O)[C@H]3O)[C@@H]12. The molecule has 11 heteroatoms. The first kappa shape index (κ1) is 25.2. The Hall–Kier alpha value is -1.48. The fourth-order valence-corrected chi connectivity index (χ4v) is 5.44. The van der Waals surface area contributed by atoms with E-state index in [4.69, 9.17) is 28.7 Å². The van der Waals surface area contributed by atoms with Gasteiger partial charge >= 0.3 is 0 Å². The Morgan fingerprint density at radius 3 is 2.54 bits per heavy atom. The van der Waals surface area contributed by atoms with Gasteiger partial charge in [-0.15, -0.1) is 0 Å². The van der Waals surface area contributed by atoms with Gasteiger partial charge < -0.3 is 44.5 Å². The van der Waals surface area contributed by atoms with Crippen LogP contribution in [0.15, 0.2) is 36.4 Å². The van der Waals surface area contributed by atoms with Crippen LogP contribution in [0.25, 0.3) is 6.08 Å². The van der Waals surface area contributed by atoms with E-state index in [9.17, 15) is 25.5 Å². The van der Waals surface area contributed by atoms with Crippen LogP contribution >= 0.6 is 0 Å². The third kappa shape index (κ3) is 4.79. The lowest BCUT2D eigenvalue weighted by Crippen LogP contribution is -2.61. The molecule has 5 N–H and O–H groups in total. The van der Waals surface area contributed by atoms with Gasteiger partial charge in [0.2, 0.25) is 0 Å². The predicted molar refractivity (Wildman–Crippen MR) is 117 cm³/mol. The molecule has 11 atom stereocenters. The number of aliphatic hydroxyl groups excluding tert-OH is 5. The van der Waals surface area contributed by atoms with Crippen molar-refractivity contribution in [2.45, 2.75) is 61.2 Å². The summed E-state index contributed by atoms with van der Waals surface area (Å²) in [4.78, 5) is 10.3. The van der Waals surface area contributed by atoms with Crippen LogP contribution in [0.4, 0.5) is 0 Å². The minimum absolute atomic E-state index is 0.147. The van der Waals surface area contributed by atoms with Crippen LogP contribution in [0.3, 0.4) is 0 Å². The molecule has 194 valence electrons. The lowest BCUT2D eigenvalue weighted by atomic mass is 9.83. The summed E-state index contributed by atoms with van der Waals surface area (Å²) in [6.07, 6.45) is -4.97. The molecule has 0 aromatic heterocycles. The van der Waals surface area contributed by atoms with E-state index in [1.165, 1.54) is 0 Å². The standard InChI is InChI=1S/C24H32O11/c25-12-24-16-14(17(26)21(24)35-24)8-10-30-22(16)34-23-20(29)19(28)18(27)15(33-23)11-32-31-9-4-7-13-5-2-1-3-6-13/h1-7,14-23,25-29H,8-12H2/b7-4+/t14-,15-,16-,17+,18-,19+,20-,21+,22+,23+,24-/m1/s1. The van der Waals surface area contributed by atoms with E-state index in [1.807, 2.05) is 36.4 Å². The lowest BCUT2D eigenvalue weighted by Gasteiger charge is -2.44. The summed E-state index contributed by atoms with van der Waals surface area (Å²) in [7, 11) is 0. The molecule has 1 saturated carbocycles. The van der Waals surface area contributed by atoms with Crippen LogP contribution < -0.4 is 0 Å². The number of hydrogen-bond donors (Lipinski definition) is 5. The maximum absolute atomic E-state index is 10.5. The molecule has 35 heavy (non-hydrogen) atoms. The smallest absolute Gasteiger partial charge is 0.189 e. The van der Waals surface area contributed by atoms with Gasteiger partial charge in [-0.25, -0.2) is 9.78 Å². The fraction of sp³-hybridized carbons (Fsp3) is 0.667. The Morgan fingerprint density at radius 2 is 1.77 bits per heavy atom. The van der Waals surface area contributed by atoms with Crippen LogP contribution in [0.1, 0.15) is 12.0 Å². The zero-order chi connectivity index (χ0) is 24.6. The van der Waals surface area contributed by atoms with Gasteiger partial charge in [0, 0.05) is 11.8 Å². The van der Waals surface area contributed by atoms with Crippen molar-refractivity contribution in [3.05, 3.63) is 42.0 Å². The molecule has 0 amide bonds. The van der Waals surface area contributed by atoms with Crippen molar-refractivity contribution in [2.24, 2.45) is 11.8 Å². The third-order valence-corrected chi connectivity index (χ3v) is 7.35. The summed E-state index contributed by atoms with van der Waals surface area (Å²) in [6.45, 7) is -0.0797. The van der Waals surface area contributed by atoms with Gasteiger partial charge in [0.15, 0.2) is 12.6 Å². The molecule has 0 unspecified atom stereocenters. The van der Waals surface area contributed by atoms with E-state index >= 15 is 0 Å². The second kappa shape index (κ2) is 10.5. The van der Waals surface area contributed by atoms with Crippen LogP contribution in [-0.2, 0) is 28.7 Å². The molecule has 1 aromatic carbocycles. The van der Waals surface area contributed by atoms with E-state index in [0.717, 1.165) is 5.56 Å². The monoisotopic (exact) mass is 496 g/mol. The highest BCUT2D eigenvalue weighted by atomic mass is 17.2. The van der Waals surface area contributed by atoms with Gasteiger partial charge in [-0.2, -0.15) is 0 Å². The van der Waals surface area contributed by atoms with Crippen molar-refractivity contribution in [1.82, 2.24) is 0 Å². The first-order valence-corrected chi connectivity index (χ1v) is 11.9. The number of aliphatic hydroxyl groups is 5. The van der Waals surface area contributed by atoms with Gasteiger partial charge in [-0.1, -0.05) is 42.5 Å². The summed E-state index contributed by atoms with van der Waals surface area (Å²) in [5.74, 6) is -0.678. The maximum atomic E-state index is 10.5. The zero-order valence-corrected chi connectivity index (χ0v) is 19.0. The third-order valence-electron chi connectivity index (χ3n) is 7.35. The van der Waals surface area contributed by atoms with Gasteiger partial charge in [0.25, 0.3) is 0 Å². The Labute approximate surface area is 202 Å². The summed E-state index contributed by atoms with van der Waals surface area (Å²) in [6, 6.07) is 9.65. The average Bonchev–Trinajstić information content (AvgIpc) is 3.57. The molecule has 0 bridgehead atoms. The Balaban J connectivity index is 1.16. The van der Waals surface area contributed by atoms with E-state index < -0.39 is 60.7 Å². The van der Waals surface area contributed by atoms with Gasteiger partial charge in [-0.3, -0.25) is 0 Å². The predicted octanol–water partition coefficient (Wildman–Crippen LogP) is -1.04. The summed E-state index contributed by atoms with van der Waals surface area (Å²) < 4.78 is 22.9. The number of rotatable bonds is 9. The zero-order valence-electron chi connectivity index (χ0n) is 19.0. The second-order valence-electron chi connectivity index (χ2n) is 9.39. The highest BCUT2D eigenvalue weighted by Crippen LogP contribution is 2.60. The molecule has 3 saturated heterocycles. The van der Waals surface area contributed by atoms with E-state index in [2.05, 4.69) is 0 Å². The molecule has 1 aromatic rings. The second-order valence-corrected chi connectivity index (χ2v) is 9.39. The largest absolute Gasteiger partial charge is 0.393 e. The van der Waals surface area contributed by atoms with Crippen molar-refractivity contribution in [3.8, 4) is 0 Å². The Morgan fingerprint density at radius 1 is 0.971 bits per heavy atom. The normalized spacial score (nSPS) is 44.8. The van der Waals surface area contributed by atoms with Crippen LogP contribution in [-0.4, -0.2) is 107 Å². The molecule has 0 radical (unpaired) electrons. The summed E-state index contributed by atoms with van der Waals surface area (Å²) in [5, 5.41) is 51.6. The molecule has 5 rings (SSSR count). The van der Waals surface area contributed by atoms with Crippen LogP contribution in [0.5, 0.6) is 0 Å². The number of epoxide rings is 1. The molecule has 3 aliphatic heterocycles. The van der Waals surface area contributed by atoms with Crippen molar-refractivity contribution >= 4 is 6.08 Å². The van der Waals surface area contributed by atoms with Crippen molar-refractivity contribution in [1.29, 1.82) is 0 Å². The van der Waals surface area contributed by atoms with Gasteiger partial charge in [-0.05, 0) is 12.0 Å². The highest BCUT2D eigenvalue weighted by molar-refractivity contribution is 5.48. The molecule has 4 fully saturated rings. The van der Waals surface area contributed by atoms with E-state index in [0.29, 0.717) is 13.0 Å². The molecule has 3 heterocycles. The van der Waals surface area contributed by atoms with E-state index in [-0.39, 0.29) is 25.7 Å². The Bertz CT molecular complexity index is 868. The first-order valence-electron chi connectivity index (χ1n) is 11.9. The summed E-state index contributed by atoms with van der Waals surface area (Å²) >= 11 is 0. The van der Waals surface area contributed by atoms with Gasteiger partial charge in [0.05, 0.1) is 19.3 Å². The molecule has 11 nitrogen and oxygen atoms in total. The number of ether oxygens (including phenoxy) is 4. The number of benzene rings is 1. The molecular weight excluding hydrogens is 464 g/mol. The minimum Gasteiger partial charge on any atom is -0.393 e. The van der Waals surface area contributed by atoms with E-state index in [1.54, 1.807) is 6.08 Å². The lowest BCUT2D eigenvalue weighted by molar-refractivity contribution is -0.373. The average molecular weight is 497 g/mol. The minimum atomic E-state index is -1.56. The number of fused-ring (bicyclic) bond motifs is 3. The van der Waals surface area contributed by atoms with Crippen molar-refractivity contribution < 1.29 is 54.3 Å². The van der Waals surface area contributed by atoms with Gasteiger partial charge in [0.1, 0.15) is 49.3 Å². The van der Waals surface area contributed by atoms with Crippen molar-refractivity contribution in [2.75, 3.05) is 26.4 Å². The molecule has 1 aliphatic carbocycles. The fourth-order valence-electron chi connectivity index (χ4n) is 5.44.